The van der Waals surface area contributed by atoms with E-state index in [1.807, 2.05) is 17.0 Å². The first-order valence-corrected chi connectivity index (χ1v) is 7.49. The third kappa shape index (κ3) is 2.17. The molecule has 1 amide bonds. The van der Waals surface area contributed by atoms with Crippen LogP contribution in [0.2, 0.25) is 0 Å². The molecule has 1 aromatic carbocycles. The van der Waals surface area contributed by atoms with Gasteiger partial charge in [0.25, 0.3) is 5.91 Å². The highest BCUT2D eigenvalue weighted by molar-refractivity contribution is 7.00. The molecule has 2 aromatic heterocycles. The first-order chi connectivity index (χ1) is 10.3. The van der Waals surface area contributed by atoms with E-state index in [0.717, 1.165) is 24.7 Å². The van der Waals surface area contributed by atoms with Crippen LogP contribution in [0.5, 0.6) is 0 Å². The third-order valence-electron chi connectivity index (χ3n) is 3.78. The zero-order valence-electron chi connectivity index (χ0n) is 11.2. The molecule has 0 radical (unpaired) electrons. The van der Waals surface area contributed by atoms with Crippen molar-refractivity contribution < 1.29 is 4.79 Å². The van der Waals surface area contributed by atoms with E-state index in [1.165, 1.54) is 11.1 Å². The summed E-state index contributed by atoms with van der Waals surface area (Å²) < 4.78 is 8.20. The Morgan fingerprint density at radius 3 is 2.95 bits per heavy atom. The molecule has 0 saturated heterocycles. The molecule has 3 aromatic rings. The van der Waals surface area contributed by atoms with Crippen molar-refractivity contribution in [1.82, 2.24) is 18.6 Å². The lowest BCUT2D eigenvalue weighted by molar-refractivity contribution is 0.0734. The average molecular weight is 296 g/mol. The number of aromatic nitrogens is 3. The fraction of sp³-hybridized carbons (Fsp3) is 0.200. The van der Waals surface area contributed by atoms with Gasteiger partial charge in [-0.3, -0.25) is 4.79 Å². The normalized spacial score (nSPS) is 14.2. The fourth-order valence-electron chi connectivity index (χ4n) is 2.66. The molecule has 0 unspecified atom stereocenters. The number of pyridine rings is 1. The number of carbonyl (C=O) groups is 1. The summed E-state index contributed by atoms with van der Waals surface area (Å²) in [5.41, 5.74) is 4.42. The summed E-state index contributed by atoms with van der Waals surface area (Å²) in [4.78, 5) is 18.7. The highest BCUT2D eigenvalue weighted by Crippen LogP contribution is 2.21. The van der Waals surface area contributed by atoms with Crippen molar-refractivity contribution in [3.8, 4) is 0 Å². The van der Waals surface area contributed by atoms with E-state index < -0.39 is 0 Å². The maximum absolute atomic E-state index is 12.6. The molecule has 0 N–H and O–H groups in total. The maximum Gasteiger partial charge on any atom is 0.255 e. The molecule has 4 rings (SSSR count). The van der Waals surface area contributed by atoms with E-state index in [-0.39, 0.29) is 5.91 Å². The van der Waals surface area contributed by atoms with Gasteiger partial charge in [-0.05, 0) is 23.6 Å². The van der Waals surface area contributed by atoms with Crippen molar-refractivity contribution >= 4 is 28.8 Å². The second kappa shape index (κ2) is 4.89. The summed E-state index contributed by atoms with van der Waals surface area (Å²) in [6, 6.07) is 10.0. The molecule has 0 saturated carbocycles. The van der Waals surface area contributed by atoms with E-state index in [0.29, 0.717) is 23.3 Å². The predicted molar refractivity (Wildman–Crippen MR) is 80.1 cm³/mol. The molecule has 1 aliphatic rings. The van der Waals surface area contributed by atoms with Gasteiger partial charge in [-0.2, -0.15) is 8.75 Å². The van der Waals surface area contributed by atoms with Gasteiger partial charge in [0.1, 0.15) is 5.52 Å². The van der Waals surface area contributed by atoms with Crippen LogP contribution in [-0.4, -0.2) is 31.1 Å². The molecular formula is C15H12N4OS. The number of nitrogens with zero attached hydrogens (tertiary/aromatic N) is 4. The number of rotatable bonds is 1. The van der Waals surface area contributed by atoms with E-state index in [1.54, 1.807) is 12.3 Å². The first-order valence-electron chi connectivity index (χ1n) is 6.75. The van der Waals surface area contributed by atoms with Crippen molar-refractivity contribution in [2.75, 3.05) is 6.54 Å². The van der Waals surface area contributed by atoms with Crippen LogP contribution in [0.25, 0.3) is 11.2 Å². The Labute approximate surface area is 125 Å². The van der Waals surface area contributed by atoms with Gasteiger partial charge in [-0.15, -0.1) is 0 Å². The van der Waals surface area contributed by atoms with Crippen LogP contribution < -0.4 is 0 Å². The van der Waals surface area contributed by atoms with Crippen molar-refractivity contribution in [2.24, 2.45) is 0 Å². The van der Waals surface area contributed by atoms with Gasteiger partial charge in [-0.1, -0.05) is 24.3 Å². The van der Waals surface area contributed by atoms with E-state index in [2.05, 4.69) is 25.9 Å². The molecule has 104 valence electrons. The Morgan fingerprint density at radius 1 is 1.19 bits per heavy atom. The molecule has 6 heteroatoms. The Morgan fingerprint density at radius 2 is 2.05 bits per heavy atom. The smallest absolute Gasteiger partial charge is 0.255 e. The van der Waals surface area contributed by atoms with Crippen LogP contribution in [0.1, 0.15) is 21.5 Å². The molecule has 0 bridgehead atoms. The molecule has 3 heterocycles. The second-order valence-electron chi connectivity index (χ2n) is 5.08. The van der Waals surface area contributed by atoms with Crippen LogP contribution in [0.15, 0.2) is 36.5 Å². The number of benzene rings is 1. The van der Waals surface area contributed by atoms with E-state index in [4.69, 9.17) is 0 Å². The zero-order chi connectivity index (χ0) is 14.2. The number of hydrogen-bond acceptors (Lipinski definition) is 5. The van der Waals surface area contributed by atoms with E-state index >= 15 is 0 Å². The Hall–Kier alpha value is -2.34. The SMILES string of the molecule is O=C(c1cnc2nsnc2c1)N1CCc2ccccc2C1. The number of carbonyl (C=O) groups excluding carboxylic acids is 1. The summed E-state index contributed by atoms with van der Waals surface area (Å²) >= 11 is 1.11. The van der Waals surface area contributed by atoms with Crippen LogP contribution in [0.3, 0.4) is 0 Å². The lowest BCUT2D eigenvalue weighted by Gasteiger charge is -2.28. The highest BCUT2D eigenvalue weighted by atomic mass is 32.1. The number of hydrogen-bond donors (Lipinski definition) is 0. The monoisotopic (exact) mass is 296 g/mol. The van der Waals surface area contributed by atoms with Gasteiger partial charge in [0.2, 0.25) is 0 Å². The highest BCUT2D eigenvalue weighted by Gasteiger charge is 2.22. The van der Waals surface area contributed by atoms with E-state index in [9.17, 15) is 4.79 Å². The zero-order valence-corrected chi connectivity index (χ0v) is 12.0. The standard InChI is InChI=1S/C15H12N4OS/c20-15(12-7-13-14(16-8-12)18-21-17-13)19-6-5-10-3-1-2-4-11(10)9-19/h1-4,7-8H,5-6,9H2. The third-order valence-corrected chi connectivity index (χ3v) is 4.31. The van der Waals surface area contributed by atoms with Crippen molar-refractivity contribution in [3.05, 3.63) is 53.2 Å². The van der Waals surface area contributed by atoms with Crippen LogP contribution in [0.4, 0.5) is 0 Å². The summed E-state index contributed by atoms with van der Waals surface area (Å²) in [6.07, 6.45) is 2.49. The molecule has 0 aliphatic carbocycles. The average Bonchev–Trinajstić information content (AvgIpc) is 3.01. The summed E-state index contributed by atoms with van der Waals surface area (Å²) in [6.45, 7) is 1.39. The summed E-state index contributed by atoms with van der Waals surface area (Å²) in [5, 5.41) is 0. The summed E-state index contributed by atoms with van der Waals surface area (Å²) in [5.74, 6) is 0.00639. The lowest BCUT2D eigenvalue weighted by Crippen LogP contribution is -2.35. The molecule has 0 fully saturated rings. The number of amides is 1. The fourth-order valence-corrected chi connectivity index (χ4v) is 3.14. The Kier molecular flexibility index (Phi) is 2.89. The minimum Gasteiger partial charge on any atom is -0.334 e. The maximum atomic E-state index is 12.6. The minimum absolute atomic E-state index is 0.00639. The van der Waals surface area contributed by atoms with Gasteiger partial charge in [0.15, 0.2) is 5.65 Å². The van der Waals surface area contributed by atoms with Gasteiger partial charge in [-0.25, -0.2) is 4.98 Å². The largest absolute Gasteiger partial charge is 0.334 e. The minimum atomic E-state index is 0.00639. The van der Waals surface area contributed by atoms with Gasteiger partial charge in [0, 0.05) is 19.3 Å². The van der Waals surface area contributed by atoms with Crippen LogP contribution >= 0.6 is 11.7 Å². The number of fused-ring (bicyclic) bond motifs is 2. The molecular weight excluding hydrogens is 284 g/mol. The molecule has 1 aliphatic heterocycles. The first kappa shape index (κ1) is 12.4. The lowest BCUT2D eigenvalue weighted by atomic mass is 9.99. The van der Waals surface area contributed by atoms with Gasteiger partial charge < -0.3 is 4.90 Å². The van der Waals surface area contributed by atoms with Gasteiger partial charge >= 0.3 is 0 Å². The topological polar surface area (TPSA) is 59.0 Å². The van der Waals surface area contributed by atoms with Crippen LogP contribution in [0, 0.1) is 0 Å². The van der Waals surface area contributed by atoms with Gasteiger partial charge in [0.05, 0.1) is 17.3 Å². The molecule has 21 heavy (non-hydrogen) atoms. The van der Waals surface area contributed by atoms with Crippen molar-refractivity contribution in [3.63, 3.8) is 0 Å². The van der Waals surface area contributed by atoms with Crippen LogP contribution in [-0.2, 0) is 13.0 Å². The quantitative estimate of drug-likeness (QED) is 0.691. The molecule has 0 spiro atoms. The Bertz CT molecular complexity index is 829. The molecule has 0 atom stereocenters. The Balaban J connectivity index is 1.63. The summed E-state index contributed by atoms with van der Waals surface area (Å²) in [7, 11) is 0. The second-order valence-corrected chi connectivity index (χ2v) is 5.60. The van der Waals surface area contributed by atoms with Crippen molar-refractivity contribution in [2.45, 2.75) is 13.0 Å². The van der Waals surface area contributed by atoms with Crippen molar-refractivity contribution in [1.29, 1.82) is 0 Å². The predicted octanol–water partition coefficient (Wildman–Crippen LogP) is 2.28. The molecule has 5 nitrogen and oxygen atoms in total.